The first-order valence-corrected chi connectivity index (χ1v) is 7.65. The first-order valence-electron chi connectivity index (χ1n) is 7.65. The molecule has 0 aliphatic carbocycles. The topological polar surface area (TPSA) is 0 Å². The third-order valence-corrected chi connectivity index (χ3v) is 2.57. The van der Waals surface area contributed by atoms with Gasteiger partial charge in [0.15, 0.2) is 0 Å². The molecule has 0 atom stereocenters. The molecule has 2 rings (SSSR count). The Bertz CT molecular complexity index is 453. The fourth-order valence-corrected chi connectivity index (χ4v) is 1.90. The van der Waals surface area contributed by atoms with E-state index in [9.17, 15) is 0 Å². The molecular weight excluding hydrogens is 228 g/mol. The maximum absolute atomic E-state index is 2.26. The van der Waals surface area contributed by atoms with Crippen molar-refractivity contribution in [2.75, 3.05) is 0 Å². The van der Waals surface area contributed by atoms with Gasteiger partial charge in [0.05, 0.1) is 0 Å². The summed E-state index contributed by atoms with van der Waals surface area (Å²) in [6.07, 6.45) is 0. The molecule has 0 heteroatoms. The lowest BCUT2D eigenvalue weighted by atomic mass is 9.99. The van der Waals surface area contributed by atoms with Gasteiger partial charge in [0, 0.05) is 0 Å². The zero-order chi connectivity index (χ0) is 15.4. The third-order valence-electron chi connectivity index (χ3n) is 2.57. The summed E-state index contributed by atoms with van der Waals surface area (Å²) in [6, 6.07) is 11.0. The van der Waals surface area contributed by atoms with Crippen molar-refractivity contribution in [1.29, 1.82) is 0 Å². The van der Waals surface area contributed by atoms with E-state index < -0.39 is 0 Å². The van der Waals surface area contributed by atoms with Crippen LogP contribution in [0.15, 0.2) is 30.3 Å². The highest BCUT2D eigenvalue weighted by Gasteiger charge is 1.99. The van der Waals surface area contributed by atoms with Gasteiger partial charge in [-0.25, -0.2) is 0 Å². The van der Waals surface area contributed by atoms with E-state index in [0.29, 0.717) is 0 Å². The average Bonchev–Trinajstić information content (AvgIpc) is 2.47. The van der Waals surface area contributed by atoms with Crippen molar-refractivity contribution >= 4 is 10.8 Å². The molecule has 0 amide bonds. The predicted molar refractivity (Wildman–Crippen MR) is 92.2 cm³/mol. The molecule has 0 spiro atoms. The van der Waals surface area contributed by atoms with Crippen LogP contribution in [-0.2, 0) is 0 Å². The summed E-state index contributed by atoms with van der Waals surface area (Å²) >= 11 is 0. The van der Waals surface area contributed by atoms with E-state index in [0.717, 1.165) is 0 Å². The molecule has 0 aliphatic rings. The van der Waals surface area contributed by atoms with Crippen molar-refractivity contribution in [3.63, 3.8) is 0 Å². The van der Waals surface area contributed by atoms with Crippen molar-refractivity contribution in [3.8, 4) is 0 Å². The normalized spacial score (nSPS) is 8.26. The summed E-state index contributed by atoms with van der Waals surface area (Å²) in [5, 5.41) is 2.77. The van der Waals surface area contributed by atoms with E-state index in [2.05, 4.69) is 51.1 Å². The molecule has 2 aromatic rings. The number of hydrogen-bond acceptors (Lipinski definition) is 0. The molecule has 0 saturated heterocycles. The largest absolute Gasteiger partial charge is 0.0683 e. The maximum atomic E-state index is 2.26. The first-order chi connectivity index (χ1) is 9.18. The molecule has 0 heterocycles. The minimum atomic E-state index is 1.35. The van der Waals surface area contributed by atoms with E-state index in [4.69, 9.17) is 0 Å². The molecule has 0 radical (unpaired) electrons. The van der Waals surface area contributed by atoms with Crippen LogP contribution in [0.5, 0.6) is 0 Å². The van der Waals surface area contributed by atoms with Crippen LogP contribution in [0.25, 0.3) is 10.8 Å². The van der Waals surface area contributed by atoms with Crippen molar-refractivity contribution in [2.24, 2.45) is 0 Å². The van der Waals surface area contributed by atoms with E-state index >= 15 is 0 Å². The molecule has 0 aromatic heterocycles. The van der Waals surface area contributed by atoms with Crippen molar-refractivity contribution in [2.45, 2.75) is 62.3 Å². The molecule has 0 fully saturated rings. The highest BCUT2D eigenvalue weighted by atomic mass is 14.0. The number of rotatable bonds is 0. The van der Waals surface area contributed by atoms with Gasteiger partial charge in [0.1, 0.15) is 0 Å². The predicted octanol–water partition coefficient (Wildman–Crippen LogP) is 6.84. The molecule has 0 bridgehead atoms. The van der Waals surface area contributed by atoms with Crippen LogP contribution in [0, 0.1) is 20.8 Å². The van der Waals surface area contributed by atoms with E-state index in [-0.39, 0.29) is 0 Å². The van der Waals surface area contributed by atoms with Crippen LogP contribution in [0.4, 0.5) is 0 Å². The molecule has 2 aromatic carbocycles. The summed E-state index contributed by atoms with van der Waals surface area (Å²) in [5.74, 6) is 0. The fraction of sp³-hybridized carbons (Fsp3) is 0.474. The van der Waals surface area contributed by atoms with Gasteiger partial charge in [-0.05, 0) is 42.7 Å². The first kappa shape index (κ1) is 20.0. The summed E-state index contributed by atoms with van der Waals surface area (Å²) in [4.78, 5) is 0. The zero-order valence-electron chi connectivity index (χ0n) is 14.4. The number of fused-ring (bicyclic) bond motifs is 1. The van der Waals surface area contributed by atoms with E-state index in [1.807, 2.05) is 41.5 Å². The molecule has 0 unspecified atom stereocenters. The zero-order valence-corrected chi connectivity index (χ0v) is 14.4. The Kier molecular flexibility index (Phi) is 12.4. The smallest absolute Gasteiger partial charge is 0.0149 e. The minimum Gasteiger partial charge on any atom is -0.0683 e. The van der Waals surface area contributed by atoms with Gasteiger partial charge in [0.2, 0.25) is 0 Å². The van der Waals surface area contributed by atoms with Gasteiger partial charge in [0.25, 0.3) is 0 Å². The Morgan fingerprint density at radius 1 is 0.579 bits per heavy atom. The Morgan fingerprint density at radius 3 is 1.63 bits per heavy atom. The second-order valence-corrected chi connectivity index (χ2v) is 3.75. The van der Waals surface area contributed by atoms with Crippen molar-refractivity contribution in [3.05, 3.63) is 47.0 Å². The molecular formula is C19H32. The molecule has 0 nitrogen and oxygen atoms in total. The monoisotopic (exact) mass is 260 g/mol. The van der Waals surface area contributed by atoms with E-state index in [1.54, 1.807) is 0 Å². The van der Waals surface area contributed by atoms with Crippen LogP contribution in [0.1, 0.15) is 58.2 Å². The standard InChI is InChI=1S/C13H14.3C2H6/c1-9-7-11(3)12-6-4-5-10(2)13(12)8-9;3*1-2/h4-8H,1-3H3;3*1-2H3. The van der Waals surface area contributed by atoms with Crippen LogP contribution < -0.4 is 0 Å². The molecule has 108 valence electrons. The molecule has 0 saturated carbocycles. The van der Waals surface area contributed by atoms with Crippen molar-refractivity contribution in [1.82, 2.24) is 0 Å². The van der Waals surface area contributed by atoms with Gasteiger partial charge in [-0.2, -0.15) is 0 Å². The summed E-state index contributed by atoms with van der Waals surface area (Å²) in [5.41, 5.74) is 4.09. The lowest BCUT2D eigenvalue weighted by molar-refractivity contribution is 1.41. The van der Waals surface area contributed by atoms with Gasteiger partial charge < -0.3 is 0 Å². The SMILES string of the molecule is CC.CC.CC.Cc1cc(C)c2cccc(C)c2c1. The molecule has 0 N–H and O–H groups in total. The Hall–Kier alpha value is -1.30. The average molecular weight is 260 g/mol. The number of benzene rings is 2. The van der Waals surface area contributed by atoms with Gasteiger partial charge in [-0.3, -0.25) is 0 Å². The molecule has 0 aliphatic heterocycles. The highest BCUT2D eigenvalue weighted by Crippen LogP contribution is 2.23. The lowest BCUT2D eigenvalue weighted by Crippen LogP contribution is -1.83. The second kappa shape index (κ2) is 11.8. The highest BCUT2D eigenvalue weighted by molar-refractivity contribution is 5.88. The maximum Gasteiger partial charge on any atom is -0.0149 e. The van der Waals surface area contributed by atoms with Gasteiger partial charge in [-0.1, -0.05) is 77.4 Å². The van der Waals surface area contributed by atoms with Crippen LogP contribution >= 0.6 is 0 Å². The summed E-state index contributed by atoms with van der Waals surface area (Å²) in [7, 11) is 0. The van der Waals surface area contributed by atoms with E-state index in [1.165, 1.54) is 27.5 Å². The van der Waals surface area contributed by atoms with Crippen LogP contribution in [0.3, 0.4) is 0 Å². The van der Waals surface area contributed by atoms with Crippen molar-refractivity contribution < 1.29 is 0 Å². The Labute approximate surface area is 120 Å². The second-order valence-electron chi connectivity index (χ2n) is 3.75. The fourth-order valence-electron chi connectivity index (χ4n) is 1.90. The van der Waals surface area contributed by atoms with Gasteiger partial charge >= 0.3 is 0 Å². The summed E-state index contributed by atoms with van der Waals surface area (Å²) < 4.78 is 0. The number of aryl methyl sites for hydroxylation is 3. The van der Waals surface area contributed by atoms with Crippen LogP contribution in [-0.4, -0.2) is 0 Å². The van der Waals surface area contributed by atoms with Crippen LogP contribution in [0.2, 0.25) is 0 Å². The minimum absolute atomic E-state index is 1.35. The lowest BCUT2D eigenvalue weighted by Gasteiger charge is -2.06. The Morgan fingerprint density at radius 2 is 1.11 bits per heavy atom. The Balaban J connectivity index is 0. The van der Waals surface area contributed by atoms with Gasteiger partial charge in [-0.15, -0.1) is 0 Å². The number of hydrogen-bond donors (Lipinski definition) is 0. The quantitative estimate of drug-likeness (QED) is 0.486. The third kappa shape index (κ3) is 5.92. The molecule has 19 heavy (non-hydrogen) atoms. The summed E-state index contributed by atoms with van der Waals surface area (Å²) in [6.45, 7) is 18.5.